The fraction of sp³-hybridized carbons (Fsp3) is 0.0286. The number of rotatable bonds is 2. The number of hydrogen-bond acceptors (Lipinski definition) is 0. The Hall–Kier alpha value is -4.82. The summed E-state index contributed by atoms with van der Waals surface area (Å²) in [5, 5.41) is 5.12. The van der Waals surface area contributed by atoms with Crippen molar-refractivity contribution in [2.45, 2.75) is 6.92 Å². The average Bonchev–Trinajstić information content (AvgIpc) is 3.48. The molecule has 0 N–H and O–H groups in total. The topological polar surface area (TPSA) is 9.86 Å². The first-order chi connectivity index (χ1) is 18.3. The molecule has 0 saturated heterocycles. The van der Waals surface area contributed by atoms with Crippen molar-refractivity contribution in [3.8, 4) is 11.4 Å². The molecule has 0 radical (unpaired) electrons. The molecule has 7 aromatic rings. The van der Waals surface area contributed by atoms with E-state index in [1.807, 2.05) is 0 Å². The van der Waals surface area contributed by atoms with Gasteiger partial charge in [0.1, 0.15) is 0 Å². The molecule has 7 rings (SSSR count). The largest absolute Gasteiger partial charge is 0.309 e. The summed E-state index contributed by atoms with van der Waals surface area (Å²) in [6.45, 7) is 14.1. The van der Waals surface area contributed by atoms with E-state index in [9.17, 15) is 0 Å². The highest BCUT2D eigenvalue weighted by atomic mass is 15.0. The van der Waals surface area contributed by atoms with Gasteiger partial charge in [0.05, 0.1) is 22.1 Å². The summed E-state index contributed by atoms with van der Waals surface area (Å²) in [4.78, 5) is 0. The maximum Gasteiger partial charge on any atom is 0.0542 e. The number of aromatic nitrogens is 2. The Morgan fingerprint density at radius 2 is 0.784 bits per heavy atom. The predicted octanol–water partition coefficient (Wildman–Crippen LogP) is 9.79. The summed E-state index contributed by atoms with van der Waals surface area (Å²) in [6.07, 6.45) is 0. The standard InChI is InChI=1S/C31H22N2.2C2H4/c1-21-14-16-22(17-15-21)32-30-13-7-4-10-26(30)27-20-23(18-19-31(27)32)33-28-11-5-2-8-24(28)25-9-3-6-12-29(25)33;2*1-2/h2-20H,1H3;2*1-2H2. The van der Waals surface area contributed by atoms with Gasteiger partial charge in [-0.25, -0.2) is 0 Å². The molecule has 0 unspecified atom stereocenters. The molecule has 0 bridgehead atoms. The van der Waals surface area contributed by atoms with Gasteiger partial charge in [0.15, 0.2) is 0 Å². The van der Waals surface area contributed by atoms with Crippen LogP contribution in [0.15, 0.2) is 142 Å². The molecular formula is C35H30N2. The minimum atomic E-state index is 1.19. The van der Waals surface area contributed by atoms with Gasteiger partial charge in [-0.2, -0.15) is 0 Å². The minimum absolute atomic E-state index is 1.19. The summed E-state index contributed by atoms with van der Waals surface area (Å²) in [7, 11) is 0. The number of nitrogens with zero attached hydrogens (tertiary/aromatic N) is 2. The first kappa shape index (κ1) is 23.9. The van der Waals surface area contributed by atoms with Gasteiger partial charge in [-0.1, -0.05) is 72.3 Å². The number of para-hydroxylation sites is 3. The highest BCUT2D eigenvalue weighted by molar-refractivity contribution is 6.12. The Bertz CT molecular complexity index is 1790. The number of aryl methyl sites for hydroxylation is 1. The molecule has 0 fully saturated rings. The van der Waals surface area contributed by atoms with Crippen molar-refractivity contribution in [3.63, 3.8) is 0 Å². The monoisotopic (exact) mass is 478 g/mol. The van der Waals surface area contributed by atoms with Gasteiger partial charge in [-0.3, -0.25) is 0 Å². The molecule has 0 spiro atoms. The van der Waals surface area contributed by atoms with Crippen LogP contribution in [0.2, 0.25) is 0 Å². The molecule has 180 valence electrons. The van der Waals surface area contributed by atoms with E-state index in [1.54, 1.807) is 0 Å². The van der Waals surface area contributed by atoms with Gasteiger partial charge in [0.25, 0.3) is 0 Å². The van der Waals surface area contributed by atoms with Gasteiger partial charge in [-0.15, -0.1) is 26.3 Å². The zero-order valence-electron chi connectivity index (χ0n) is 21.2. The molecule has 0 aliphatic carbocycles. The third-order valence-electron chi connectivity index (χ3n) is 6.79. The Balaban J connectivity index is 0.000000670. The van der Waals surface area contributed by atoms with Crippen LogP contribution in [0.3, 0.4) is 0 Å². The van der Waals surface area contributed by atoms with E-state index < -0.39 is 0 Å². The lowest BCUT2D eigenvalue weighted by Gasteiger charge is -2.10. The summed E-state index contributed by atoms with van der Waals surface area (Å²) in [5.41, 5.74) is 8.58. The molecular weight excluding hydrogens is 448 g/mol. The fourth-order valence-electron chi connectivity index (χ4n) is 5.27. The van der Waals surface area contributed by atoms with Crippen LogP contribution in [-0.4, -0.2) is 9.13 Å². The summed E-state index contributed by atoms with van der Waals surface area (Å²) < 4.78 is 4.77. The number of fused-ring (bicyclic) bond motifs is 6. The fourth-order valence-corrected chi connectivity index (χ4v) is 5.27. The molecule has 0 amide bonds. The highest BCUT2D eigenvalue weighted by Crippen LogP contribution is 2.36. The van der Waals surface area contributed by atoms with E-state index in [4.69, 9.17) is 0 Å². The van der Waals surface area contributed by atoms with E-state index in [1.165, 1.54) is 60.5 Å². The minimum Gasteiger partial charge on any atom is -0.309 e. The van der Waals surface area contributed by atoms with Gasteiger partial charge in [0, 0.05) is 32.9 Å². The molecule has 5 aromatic carbocycles. The van der Waals surface area contributed by atoms with Crippen LogP contribution in [-0.2, 0) is 0 Å². The first-order valence-corrected chi connectivity index (χ1v) is 12.4. The Kier molecular flexibility index (Phi) is 6.49. The normalized spacial score (nSPS) is 10.7. The molecule has 0 aliphatic heterocycles. The second-order valence-electron chi connectivity index (χ2n) is 8.76. The smallest absolute Gasteiger partial charge is 0.0542 e. The van der Waals surface area contributed by atoms with Crippen LogP contribution in [0.25, 0.3) is 55.0 Å². The second-order valence-corrected chi connectivity index (χ2v) is 8.76. The molecule has 2 heterocycles. The van der Waals surface area contributed by atoms with Crippen LogP contribution >= 0.6 is 0 Å². The molecule has 2 aromatic heterocycles. The third-order valence-corrected chi connectivity index (χ3v) is 6.79. The Labute approximate surface area is 218 Å². The SMILES string of the molecule is C=C.C=C.Cc1ccc(-n2c3ccccc3c3cc(-n4c5ccccc5c5ccccc54)ccc32)cc1. The zero-order chi connectivity index (χ0) is 25.9. The predicted molar refractivity (Wildman–Crippen MR) is 162 cm³/mol. The van der Waals surface area contributed by atoms with E-state index in [0.29, 0.717) is 0 Å². The van der Waals surface area contributed by atoms with Crippen molar-refractivity contribution in [3.05, 3.63) is 147 Å². The second kappa shape index (κ2) is 10.0. The van der Waals surface area contributed by atoms with Crippen LogP contribution in [0.1, 0.15) is 5.56 Å². The van der Waals surface area contributed by atoms with E-state index in [0.717, 1.165) is 0 Å². The molecule has 0 atom stereocenters. The summed E-state index contributed by atoms with van der Waals surface area (Å²) in [6, 6.07) is 41.7. The lowest BCUT2D eigenvalue weighted by atomic mass is 10.1. The molecule has 0 saturated carbocycles. The zero-order valence-corrected chi connectivity index (χ0v) is 21.2. The highest BCUT2D eigenvalue weighted by Gasteiger charge is 2.15. The number of benzene rings is 5. The van der Waals surface area contributed by atoms with Crippen LogP contribution < -0.4 is 0 Å². The van der Waals surface area contributed by atoms with Gasteiger partial charge in [0.2, 0.25) is 0 Å². The molecule has 0 aliphatic rings. The number of hydrogen-bond donors (Lipinski definition) is 0. The lowest BCUT2D eigenvalue weighted by Crippen LogP contribution is -1.95. The van der Waals surface area contributed by atoms with Crippen molar-refractivity contribution in [1.82, 2.24) is 9.13 Å². The maximum absolute atomic E-state index is 3.00. The van der Waals surface area contributed by atoms with E-state index >= 15 is 0 Å². The van der Waals surface area contributed by atoms with E-state index in [2.05, 4.69) is 158 Å². The Morgan fingerprint density at radius 3 is 1.30 bits per heavy atom. The van der Waals surface area contributed by atoms with Crippen molar-refractivity contribution >= 4 is 43.6 Å². The van der Waals surface area contributed by atoms with E-state index in [-0.39, 0.29) is 0 Å². The summed E-state index contributed by atoms with van der Waals surface area (Å²) >= 11 is 0. The van der Waals surface area contributed by atoms with Crippen LogP contribution in [0.5, 0.6) is 0 Å². The van der Waals surface area contributed by atoms with Crippen LogP contribution in [0, 0.1) is 6.92 Å². The van der Waals surface area contributed by atoms with Crippen molar-refractivity contribution in [2.24, 2.45) is 0 Å². The lowest BCUT2D eigenvalue weighted by molar-refractivity contribution is 1.16. The third kappa shape index (κ3) is 3.84. The van der Waals surface area contributed by atoms with Crippen LogP contribution in [0.4, 0.5) is 0 Å². The van der Waals surface area contributed by atoms with Crippen molar-refractivity contribution in [2.75, 3.05) is 0 Å². The van der Waals surface area contributed by atoms with Gasteiger partial charge >= 0.3 is 0 Å². The molecule has 2 nitrogen and oxygen atoms in total. The average molecular weight is 479 g/mol. The molecule has 2 heteroatoms. The maximum atomic E-state index is 3.00. The molecule has 37 heavy (non-hydrogen) atoms. The Morgan fingerprint density at radius 1 is 0.405 bits per heavy atom. The first-order valence-electron chi connectivity index (χ1n) is 12.4. The van der Waals surface area contributed by atoms with Gasteiger partial charge in [-0.05, 0) is 55.5 Å². The quantitative estimate of drug-likeness (QED) is 0.219. The van der Waals surface area contributed by atoms with Gasteiger partial charge < -0.3 is 9.13 Å². The van der Waals surface area contributed by atoms with Crippen molar-refractivity contribution in [1.29, 1.82) is 0 Å². The summed E-state index contributed by atoms with van der Waals surface area (Å²) in [5.74, 6) is 0. The van der Waals surface area contributed by atoms with Crippen molar-refractivity contribution < 1.29 is 0 Å².